The topological polar surface area (TPSA) is 80.6 Å². The molecular weight excluding hydrogens is 256 g/mol. The predicted molar refractivity (Wildman–Crippen MR) is 66.8 cm³/mol. The van der Waals surface area contributed by atoms with Crippen LogP contribution in [0.4, 0.5) is 0 Å². The van der Waals surface area contributed by atoms with Gasteiger partial charge >= 0.3 is 5.69 Å². The zero-order chi connectivity index (χ0) is 13.1. The molecule has 0 saturated carbocycles. The first-order valence-electron chi connectivity index (χ1n) is 5.40. The van der Waals surface area contributed by atoms with Crippen LogP contribution in [0.2, 0.25) is 5.28 Å². The summed E-state index contributed by atoms with van der Waals surface area (Å²) >= 11 is 5.67. The molecule has 0 aliphatic heterocycles. The molecule has 2 rings (SSSR count). The molecule has 0 saturated heterocycles. The summed E-state index contributed by atoms with van der Waals surface area (Å²) in [6.07, 6.45) is 3.61. The lowest BCUT2D eigenvalue weighted by atomic mass is 10.2. The van der Waals surface area contributed by atoms with Crippen molar-refractivity contribution in [1.29, 1.82) is 0 Å². The summed E-state index contributed by atoms with van der Waals surface area (Å²) in [6.45, 7) is 2.09. The van der Waals surface area contributed by atoms with Crippen LogP contribution in [0, 0.1) is 0 Å². The molecule has 7 heteroatoms. The number of aromatic nitrogens is 4. The molecule has 0 aromatic carbocycles. The van der Waals surface area contributed by atoms with Crippen LogP contribution in [0.3, 0.4) is 0 Å². The molecule has 0 fully saturated rings. The van der Waals surface area contributed by atoms with E-state index in [1.54, 1.807) is 6.07 Å². The summed E-state index contributed by atoms with van der Waals surface area (Å²) in [7, 11) is 0. The standard InChI is InChI=1S/C11H11ClN4O2/c1-2-7-5-16(11(18)15-9(7)17)6-8-3-4-13-10(12)14-8/h3-5H,2,6H2,1H3,(H,15,17,18). The molecule has 2 aromatic heterocycles. The van der Waals surface area contributed by atoms with E-state index in [2.05, 4.69) is 15.0 Å². The maximum absolute atomic E-state index is 11.6. The van der Waals surface area contributed by atoms with Crippen LogP contribution in [0.1, 0.15) is 18.2 Å². The van der Waals surface area contributed by atoms with Gasteiger partial charge in [0.2, 0.25) is 5.28 Å². The Balaban J connectivity index is 2.40. The molecule has 94 valence electrons. The quantitative estimate of drug-likeness (QED) is 0.825. The number of nitrogens with one attached hydrogen (secondary N) is 1. The molecule has 6 nitrogen and oxygen atoms in total. The van der Waals surface area contributed by atoms with Crippen molar-refractivity contribution in [2.24, 2.45) is 0 Å². The average Bonchev–Trinajstić information content (AvgIpc) is 2.33. The number of rotatable bonds is 3. The molecule has 0 atom stereocenters. The van der Waals surface area contributed by atoms with Gasteiger partial charge in [-0.2, -0.15) is 0 Å². The van der Waals surface area contributed by atoms with Crippen LogP contribution in [0.25, 0.3) is 0 Å². The van der Waals surface area contributed by atoms with Gasteiger partial charge in [0.25, 0.3) is 5.56 Å². The third-order valence-corrected chi connectivity index (χ3v) is 2.66. The number of hydrogen-bond donors (Lipinski definition) is 1. The minimum atomic E-state index is -0.466. The van der Waals surface area contributed by atoms with E-state index < -0.39 is 5.69 Å². The minimum Gasteiger partial charge on any atom is -0.294 e. The average molecular weight is 267 g/mol. The lowest BCUT2D eigenvalue weighted by molar-refractivity contribution is 0.692. The molecule has 2 heterocycles. The van der Waals surface area contributed by atoms with Crippen LogP contribution < -0.4 is 11.2 Å². The molecule has 0 radical (unpaired) electrons. The van der Waals surface area contributed by atoms with E-state index in [-0.39, 0.29) is 17.4 Å². The van der Waals surface area contributed by atoms with E-state index in [0.29, 0.717) is 17.7 Å². The Morgan fingerprint density at radius 3 is 2.89 bits per heavy atom. The Morgan fingerprint density at radius 2 is 2.22 bits per heavy atom. The van der Waals surface area contributed by atoms with Crippen molar-refractivity contribution >= 4 is 11.6 Å². The van der Waals surface area contributed by atoms with Crippen molar-refractivity contribution in [3.63, 3.8) is 0 Å². The van der Waals surface area contributed by atoms with Crippen molar-refractivity contribution in [2.75, 3.05) is 0 Å². The third-order valence-electron chi connectivity index (χ3n) is 2.48. The summed E-state index contributed by atoms with van der Waals surface area (Å²) in [6, 6.07) is 1.66. The second-order valence-corrected chi connectivity index (χ2v) is 4.05. The van der Waals surface area contributed by atoms with Crippen LogP contribution >= 0.6 is 11.6 Å². The Hall–Kier alpha value is -1.95. The molecule has 0 bridgehead atoms. The van der Waals surface area contributed by atoms with E-state index in [9.17, 15) is 9.59 Å². The van der Waals surface area contributed by atoms with Crippen molar-refractivity contribution in [3.05, 3.63) is 55.8 Å². The first kappa shape index (κ1) is 12.5. The smallest absolute Gasteiger partial charge is 0.294 e. The molecule has 0 spiro atoms. The highest BCUT2D eigenvalue weighted by Gasteiger charge is 2.05. The van der Waals surface area contributed by atoms with Crippen molar-refractivity contribution < 1.29 is 0 Å². The van der Waals surface area contributed by atoms with Gasteiger partial charge < -0.3 is 0 Å². The van der Waals surface area contributed by atoms with Gasteiger partial charge in [0.1, 0.15) is 0 Å². The Morgan fingerprint density at radius 1 is 1.44 bits per heavy atom. The first-order chi connectivity index (χ1) is 8.60. The molecule has 18 heavy (non-hydrogen) atoms. The van der Waals surface area contributed by atoms with Crippen molar-refractivity contribution in [3.8, 4) is 0 Å². The van der Waals surface area contributed by atoms with Crippen LogP contribution in [-0.4, -0.2) is 19.5 Å². The Labute approximate surface area is 107 Å². The highest BCUT2D eigenvalue weighted by atomic mass is 35.5. The van der Waals surface area contributed by atoms with E-state index in [1.807, 2.05) is 6.92 Å². The first-order valence-corrected chi connectivity index (χ1v) is 5.78. The highest BCUT2D eigenvalue weighted by Crippen LogP contribution is 2.02. The van der Waals surface area contributed by atoms with E-state index >= 15 is 0 Å². The number of aryl methyl sites for hydroxylation is 1. The molecule has 0 aliphatic rings. The fourth-order valence-corrected chi connectivity index (χ4v) is 1.72. The summed E-state index contributed by atoms with van der Waals surface area (Å²) in [5.74, 6) is 0. The zero-order valence-electron chi connectivity index (χ0n) is 9.68. The second-order valence-electron chi connectivity index (χ2n) is 3.71. The SMILES string of the molecule is CCc1cn(Cc2ccnc(Cl)n2)c(=O)[nH]c1=O. The fraction of sp³-hybridized carbons (Fsp3) is 0.273. The summed E-state index contributed by atoms with van der Waals surface area (Å²) in [5.41, 5.74) is 0.340. The van der Waals surface area contributed by atoms with Crippen LogP contribution in [0.15, 0.2) is 28.0 Å². The lowest BCUT2D eigenvalue weighted by Crippen LogP contribution is -2.32. The summed E-state index contributed by atoms with van der Waals surface area (Å²) < 4.78 is 1.39. The van der Waals surface area contributed by atoms with Crippen LogP contribution in [0.5, 0.6) is 0 Å². The summed E-state index contributed by atoms with van der Waals surface area (Å²) in [4.78, 5) is 33.1. The minimum absolute atomic E-state index is 0.126. The number of halogens is 1. The van der Waals surface area contributed by atoms with Gasteiger partial charge in [-0.25, -0.2) is 14.8 Å². The molecule has 1 N–H and O–H groups in total. The summed E-state index contributed by atoms with van der Waals surface area (Å²) in [5, 5.41) is 0.126. The molecule has 2 aromatic rings. The van der Waals surface area contributed by atoms with Gasteiger partial charge in [-0.05, 0) is 24.1 Å². The maximum Gasteiger partial charge on any atom is 0.328 e. The van der Waals surface area contributed by atoms with Gasteiger partial charge in [0.05, 0.1) is 12.2 Å². The molecular formula is C11H11ClN4O2. The fourth-order valence-electron chi connectivity index (χ4n) is 1.56. The van der Waals surface area contributed by atoms with Gasteiger partial charge in [-0.3, -0.25) is 14.3 Å². The Bertz CT molecular complexity index is 677. The van der Waals surface area contributed by atoms with Gasteiger partial charge in [0, 0.05) is 18.0 Å². The lowest BCUT2D eigenvalue weighted by Gasteiger charge is -2.06. The number of H-pyrrole nitrogens is 1. The maximum atomic E-state index is 11.6. The Kier molecular flexibility index (Phi) is 3.57. The number of aromatic amines is 1. The van der Waals surface area contributed by atoms with Gasteiger partial charge in [0.15, 0.2) is 0 Å². The van der Waals surface area contributed by atoms with Gasteiger partial charge in [-0.15, -0.1) is 0 Å². The molecule has 0 amide bonds. The van der Waals surface area contributed by atoms with Crippen molar-refractivity contribution in [2.45, 2.75) is 19.9 Å². The van der Waals surface area contributed by atoms with Crippen molar-refractivity contribution in [1.82, 2.24) is 19.5 Å². The number of hydrogen-bond acceptors (Lipinski definition) is 4. The monoisotopic (exact) mass is 266 g/mol. The normalized spacial score (nSPS) is 10.6. The highest BCUT2D eigenvalue weighted by molar-refractivity contribution is 6.28. The third kappa shape index (κ3) is 2.65. The van der Waals surface area contributed by atoms with Crippen LogP contribution in [-0.2, 0) is 13.0 Å². The van der Waals surface area contributed by atoms with E-state index in [4.69, 9.17) is 11.6 Å². The largest absolute Gasteiger partial charge is 0.328 e. The molecule has 0 aliphatic carbocycles. The van der Waals surface area contributed by atoms with E-state index in [0.717, 1.165) is 0 Å². The predicted octanol–water partition coefficient (Wildman–Crippen LogP) is 0.591. The molecule has 0 unspecified atom stereocenters. The zero-order valence-corrected chi connectivity index (χ0v) is 10.4. The second kappa shape index (κ2) is 5.14. The number of nitrogens with zero attached hydrogens (tertiary/aromatic N) is 3. The van der Waals surface area contributed by atoms with Gasteiger partial charge in [-0.1, -0.05) is 6.92 Å². The van der Waals surface area contributed by atoms with E-state index in [1.165, 1.54) is 17.0 Å².